The van der Waals surface area contributed by atoms with Crippen molar-refractivity contribution in [1.82, 2.24) is 15.8 Å². The van der Waals surface area contributed by atoms with E-state index in [4.69, 9.17) is 0 Å². The Balaban J connectivity index is 1.73. The second-order valence-corrected chi connectivity index (χ2v) is 6.29. The first-order chi connectivity index (χ1) is 11.2. The van der Waals surface area contributed by atoms with E-state index in [2.05, 4.69) is 29.9 Å². The van der Waals surface area contributed by atoms with Gasteiger partial charge in [-0.1, -0.05) is 44.1 Å². The van der Waals surface area contributed by atoms with Gasteiger partial charge in [0.15, 0.2) is 0 Å². The highest BCUT2D eigenvalue weighted by Crippen LogP contribution is 2.29. The summed E-state index contributed by atoms with van der Waals surface area (Å²) in [6.07, 6.45) is 7.47. The first-order valence-electron chi connectivity index (χ1n) is 8.41. The van der Waals surface area contributed by atoms with Crippen LogP contribution in [0, 0.1) is 11.7 Å². The lowest BCUT2D eigenvalue weighted by atomic mass is 9.93. The third-order valence-electron chi connectivity index (χ3n) is 4.70. The molecule has 1 aromatic rings. The highest BCUT2D eigenvalue weighted by Gasteiger charge is 2.38. The number of hydrogen-bond donors (Lipinski definition) is 2. The number of nitrogens with zero attached hydrogens (tertiary/aromatic N) is 1. The molecule has 0 spiro atoms. The van der Waals surface area contributed by atoms with E-state index in [-0.39, 0.29) is 29.7 Å². The lowest BCUT2D eigenvalue weighted by Gasteiger charge is -2.29. The number of unbranched alkanes of at least 4 members (excludes halogenated alkanes) is 1. The molecule has 1 saturated heterocycles. The fourth-order valence-electron chi connectivity index (χ4n) is 3.45. The third kappa shape index (κ3) is 3.46. The predicted molar refractivity (Wildman–Crippen MR) is 87.9 cm³/mol. The molecule has 1 amide bonds. The summed E-state index contributed by atoms with van der Waals surface area (Å²) in [4.78, 5) is 15.0. The zero-order valence-electron chi connectivity index (χ0n) is 13.5. The van der Waals surface area contributed by atoms with Crippen molar-refractivity contribution in [2.45, 2.75) is 38.3 Å². The quantitative estimate of drug-likeness (QED) is 0.820. The van der Waals surface area contributed by atoms with Crippen molar-refractivity contribution in [2.75, 3.05) is 13.1 Å². The SMILES string of the molecule is CCCCC1C=CCN1C(=O)C1CNNC1c1cccc(F)c1. The summed E-state index contributed by atoms with van der Waals surface area (Å²) in [6, 6.07) is 6.50. The molecule has 2 aliphatic heterocycles. The van der Waals surface area contributed by atoms with Crippen LogP contribution >= 0.6 is 0 Å². The van der Waals surface area contributed by atoms with Gasteiger partial charge in [0.2, 0.25) is 5.91 Å². The van der Waals surface area contributed by atoms with E-state index >= 15 is 0 Å². The molecule has 0 aromatic heterocycles. The molecule has 4 nitrogen and oxygen atoms in total. The highest BCUT2D eigenvalue weighted by molar-refractivity contribution is 5.81. The van der Waals surface area contributed by atoms with Crippen LogP contribution in [0.4, 0.5) is 4.39 Å². The minimum absolute atomic E-state index is 0.142. The van der Waals surface area contributed by atoms with Gasteiger partial charge >= 0.3 is 0 Å². The monoisotopic (exact) mass is 317 g/mol. The van der Waals surface area contributed by atoms with E-state index in [1.54, 1.807) is 6.07 Å². The zero-order chi connectivity index (χ0) is 16.2. The van der Waals surface area contributed by atoms with Gasteiger partial charge in [-0.15, -0.1) is 0 Å². The number of hydrogen-bond acceptors (Lipinski definition) is 3. The van der Waals surface area contributed by atoms with Gasteiger partial charge in [0.1, 0.15) is 5.82 Å². The number of carbonyl (C=O) groups is 1. The van der Waals surface area contributed by atoms with E-state index in [1.807, 2.05) is 11.0 Å². The van der Waals surface area contributed by atoms with Crippen LogP contribution in [0.3, 0.4) is 0 Å². The average Bonchev–Trinajstić information content (AvgIpc) is 3.21. The van der Waals surface area contributed by atoms with Crippen molar-refractivity contribution < 1.29 is 9.18 Å². The lowest BCUT2D eigenvalue weighted by Crippen LogP contribution is -2.42. The van der Waals surface area contributed by atoms with E-state index in [1.165, 1.54) is 12.1 Å². The molecule has 3 unspecified atom stereocenters. The predicted octanol–water partition coefficient (Wildman–Crippen LogP) is 2.55. The summed E-state index contributed by atoms with van der Waals surface area (Å²) >= 11 is 0. The number of carbonyl (C=O) groups excluding carboxylic acids is 1. The van der Waals surface area contributed by atoms with Gasteiger partial charge in [-0.2, -0.15) is 0 Å². The zero-order valence-corrected chi connectivity index (χ0v) is 13.5. The number of rotatable bonds is 5. The molecule has 0 saturated carbocycles. The van der Waals surface area contributed by atoms with Crippen LogP contribution in [-0.2, 0) is 4.79 Å². The Morgan fingerprint density at radius 3 is 3.09 bits per heavy atom. The Bertz CT molecular complexity index is 589. The molecule has 0 aliphatic carbocycles. The Kier molecular flexibility index (Phi) is 5.08. The van der Waals surface area contributed by atoms with Crippen LogP contribution in [0.25, 0.3) is 0 Å². The molecule has 0 radical (unpaired) electrons. The van der Waals surface area contributed by atoms with E-state index in [9.17, 15) is 9.18 Å². The van der Waals surface area contributed by atoms with E-state index in [0.29, 0.717) is 13.1 Å². The molecule has 0 bridgehead atoms. The minimum Gasteiger partial charge on any atom is -0.332 e. The first kappa shape index (κ1) is 16.1. The van der Waals surface area contributed by atoms with Gasteiger partial charge in [0.25, 0.3) is 0 Å². The maximum atomic E-state index is 13.5. The number of amides is 1. The maximum Gasteiger partial charge on any atom is 0.229 e. The van der Waals surface area contributed by atoms with Gasteiger partial charge < -0.3 is 4.90 Å². The topological polar surface area (TPSA) is 44.4 Å². The number of hydrazine groups is 1. The second kappa shape index (κ2) is 7.23. The van der Waals surface area contributed by atoms with Gasteiger partial charge in [-0.25, -0.2) is 9.82 Å². The minimum atomic E-state index is -0.272. The Labute approximate surface area is 136 Å². The molecule has 5 heteroatoms. The molecule has 124 valence electrons. The van der Waals surface area contributed by atoms with Gasteiger partial charge in [0, 0.05) is 13.1 Å². The first-order valence-corrected chi connectivity index (χ1v) is 8.41. The summed E-state index contributed by atoms with van der Waals surface area (Å²) in [5.74, 6) is -0.338. The summed E-state index contributed by atoms with van der Waals surface area (Å²) in [7, 11) is 0. The second-order valence-electron chi connectivity index (χ2n) is 6.29. The Hall–Kier alpha value is -1.72. The van der Waals surface area contributed by atoms with Crippen molar-refractivity contribution in [3.8, 4) is 0 Å². The van der Waals surface area contributed by atoms with Crippen molar-refractivity contribution >= 4 is 5.91 Å². The van der Waals surface area contributed by atoms with Crippen LogP contribution in [0.1, 0.15) is 37.8 Å². The smallest absolute Gasteiger partial charge is 0.229 e. The van der Waals surface area contributed by atoms with Crippen LogP contribution in [-0.4, -0.2) is 29.9 Å². The van der Waals surface area contributed by atoms with Crippen LogP contribution in [0.5, 0.6) is 0 Å². The number of benzene rings is 1. The fraction of sp³-hybridized carbons (Fsp3) is 0.500. The van der Waals surface area contributed by atoms with Crippen molar-refractivity contribution in [3.05, 3.63) is 47.8 Å². The number of nitrogens with one attached hydrogen (secondary N) is 2. The highest BCUT2D eigenvalue weighted by atomic mass is 19.1. The molecular weight excluding hydrogens is 293 g/mol. The fourth-order valence-corrected chi connectivity index (χ4v) is 3.45. The van der Waals surface area contributed by atoms with Crippen LogP contribution in [0.2, 0.25) is 0 Å². The standard InChI is InChI=1S/C18H24FN3O/c1-2-3-8-15-9-5-10-22(15)18(23)16-12-20-21-17(16)13-6-4-7-14(19)11-13/h4-7,9,11,15-17,20-21H,2-3,8,10,12H2,1H3. The number of halogens is 1. The molecule has 3 rings (SSSR count). The van der Waals surface area contributed by atoms with Crippen LogP contribution in [0.15, 0.2) is 36.4 Å². The molecule has 3 atom stereocenters. The van der Waals surface area contributed by atoms with Gasteiger partial charge in [-0.3, -0.25) is 10.2 Å². The molecule has 1 fully saturated rings. The van der Waals surface area contributed by atoms with E-state index in [0.717, 1.165) is 24.8 Å². The van der Waals surface area contributed by atoms with Gasteiger partial charge in [-0.05, 0) is 24.1 Å². The third-order valence-corrected chi connectivity index (χ3v) is 4.70. The average molecular weight is 317 g/mol. The molecular formula is C18H24FN3O. The molecule has 2 N–H and O–H groups in total. The Morgan fingerprint density at radius 2 is 2.30 bits per heavy atom. The van der Waals surface area contributed by atoms with E-state index < -0.39 is 0 Å². The Morgan fingerprint density at radius 1 is 1.43 bits per heavy atom. The summed E-state index contributed by atoms with van der Waals surface area (Å²) in [5, 5.41) is 0. The van der Waals surface area contributed by atoms with Crippen molar-refractivity contribution in [1.29, 1.82) is 0 Å². The maximum absolute atomic E-state index is 13.5. The summed E-state index contributed by atoms with van der Waals surface area (Å²) in [6.45, 7) is 3.41. The molecule has 23 heavy (non-hydrogen) atoms. The van der Waals surface area contributed by atoms with Gasteiger partial charge in [0.05, 0.1) is 18.0 Å². The van der Waals surface area contributed by atoms with Crippen LogP contribution < -0.4 is 10.9 Å². The van der Waals surface area contributed by atoms with Crippen molar-refractivity contribution in [3.63, 3.8) is 0 Å². The van der Waals surface area contributed by atoms with Crippen molar-refractivity contribution in [2.24, 2.45) is 5.92 Å². The normalized spacial score (nSPS) is 26.9. The molecule has 1 aromatic carbocycles. The molecule has 2 heterocycles. The largest absolute Gasteiger partial charge is 0.332 e. The summed E-state index contributed by atoms with van der Waals surface area (Å²) in [5.41, 5.74) is 7.00. The molecule has 2 aliphatic rings. The lowest BCUT2D eigenvalue weighted by molar-refractivity contribution is -0.136. The summed E-state index contributed by atoms with van der Waals surface area (Å²) < 4.78 is 13.5.